The van der Waals surface area contributed by atoms with Gasteiger partial charge in [0, 0.05) is 30.5 Å². The Bertz CT molecular complexity index is 431. The van der Waals surface area contributed by atoms with Crippen molar-refractivity contribution in [1.82, 2.24) is 0 Å². The van der Waals surface area contributed by atoms with Gasteiger partial charge < -0.3 is 16.4 Å². The number of anilines is 2. The van der Waals surface area contributed by atoms with Gasteiger partial charge in [-0.05, 0) is 31.0 Å². The number of nitrogens with two attached hydrogens (primary N) is 2. The Morgan fingerprint density at radius 2 is 2.00 bits per heavy atom. The molecule has 18 heavy (non-hydrogen) atoms. The van der Waals surface area contributed by atoms with Crippen LogP contribution in [0.25, 0.3) is 0 Å². The Morgan fingerprint density at radius 3 is 2.61 bits per heavy atom. The third-order valence-electron chi connectivity index (χ3n) is 3.12. The van der Waals surface area contributed by atoms with Gasteiger partial charge in [0.15, 0.2) is 0 Å². The van der Waals surface area contributed by atoms with Crippen LogP contribution in [0.4, 0.5) is 24.5 Å². The van der Waals surface area contributed by atoms with Crippen molar-refractivity contribution in [2.75, 3.05) is 23.7 Å². The van der Waals surface area contributed by atoms with Gasteiger partial charge in [-0.3, -0.25) is 0 Å². The van der Waals surface area contributed by atoms with Gasteiger partial charge >= 0.3 is 6.18 Å². The summed E-state index contributed by atoms with van der Waals surface area (Å²) in [6.45, 7) is 1.05. The molecule has 1 aliphatic rings. The molecule has 100 valence electrons. The third kappa shape index (κ3) is 2.69. The second-order valence-corrected chi connectivity index (χ2v) is 4.62. The summed E-state index contributed by atoms with van der Waals surface area (Å²) in [5.74, 6) is 0. The van der Waals surface area contributed by atoms with E-state index in [1.807, 2.05) is 0 Å². The van der Waals surface area contributed by atoms with Gasteiger partial charge in [-0.2, -0.15) is 13.2 Å². The van der Waals surface area contributed by atoms with Gasteiger partial charge in [0.05, 0.1) is 5.56 Å². The van der Waals surface area contributed by atoms with Crippen LogP contribution in [0.2, 0.25) is 0 Å². The monoisotopic (exact) mass is 259 g/mol. The quantitative estimate of drug-likeness (QED) is 0.760. The zero-order chi connectivity index (χ0) is 13.3. The fraction of sp³-hybridized carbons (Fsp3) is 0.500. The van der Waals surface area contributed by atoms with Crippen LogP contribution in [0.15, 0.2) is 18.2 Å². The van der Waals surface area contributed by atoms with E-state index >= 15 is 0 Å². The zero-order valence-corrected chi connectivity index (χ0v) is 9.87. The Kier molecular flexibility index (Phi) is 3.38. The van der Waals surface area contributed by atoms with Crippen molar-refractivity contribution in [3.8, 4) is 0 Å². The van der Waals surface area contributed by atoms with Gasteiger partial charge in [0.1, 0.15) is 0 Å². The molecular formula is C12H16F3N3. The number of rotatable bonds is 1. The summed E-state index contributed by atoms with van der Waals surface area (Å²) >= 11 is 0. The molecule has 0 bridgehead atoms. The van der Waals surface area contributed by atoms with Gasteiger partial charge in [-0.15, -0.1) is 0 Å². The Hall–Kier alpha value is -1.43. The fourth-order valence-electron chi connectivity index (χ4n) is 2.29. The molecule has 4 N–H and O–H groups in total. The Morgan fingerprint density at radius 1 is 1.28 bits per heavy atom. The van der Waals surface area contributed by atoms with E-state index in [2.05, 4.69) is 0 Å². The SMILES string of the molecule is Nc1ccc(N2CCC[C@H](N)C2)c(C(F)(F)F)c1. The summed E-state index contributed by atoms with van der Waals surface area (Å²) in [7, 11) is 0. The van der Waals surface area contributed by atoms with E-state index in [9.17, 15) is 13.2 Å². The van der Waals surface area contributed by atoms with E-state index < -0.39 is 11.7 Å². The number of hydrogen-bond donors (Lipinski definition) is 2. The van der Waals surface area contributed by atoms with Gasteiger partial charge in [-0.25, -0.2) is 0 Å². The molecule has 1 heterocycles. The molecule has 0 spiro atoms. The maximum Gasteiger partial charge on any atom is 0.418 e. The summed E-state index contributed by atoms with van der Waals surface area (Å²) < 4.78 is 38.9. The highest BCUT2D eigenvalue weighted by Gasteiger charge is 2.35. The molecule has 0 aliphatic carbocycles. The van der Waals surface area contributed by atoms with E-state index in [4.69, 9.17) is 11.5 Å². The summed E-state index contributed by atoms with van der Waals surface area (Å²) in [6.07, 6.45) is -2.73. The predicted molar refractivity (Wildman–Crippen MR) is 65.3 cm³/mol. The van der Waals surface area contributed by atoms with E-state index in [1.165, 1.54) is 12.1 Å². The summed E-state index contributed by atoms with van der Waals surface area (Å²) in [6, 6.07) is 3.83. The molecule has 1 aromatic carbocycles. The van der Waals surface area contributed by atoms with E-state index in [1.54, 1.807) is 4.90 Å². The van der Waals surface area contributed by atoms with Crippen LogP contribution in [0.1, 0.15) is 18.4 Å². The molecule has 1 aromatic rings. The van der Waals surface area contributed by atoms with Crippen LogP contribution in [0.3, 0.4) is 0 Å². The highest BCUT2D eigenvalue weighted by molar-refractivity contribution is 5.61. The molecule has 2 rings (SSSR count). The van der Waals surface area contributed by atoms with Crippen LogP contribution in [0, 0.1) is 0 Å². The number of halogens is 3. The lowest BCUT2D eigenvalue weighted by molar-refractivity contribution is -0.137. The standard InChI is InChI=1S/C12H16F3N3/c13-12(14,15)10-6-8(16)3-4-11(10)18-5-1-2-9(17)7-18/h3-4,6,9H,1-2,5,7,16-17H2/t9-/m0/s1. The normalized spacial score (nSPS) is 21.1. The summed E-state index contributed by atoms with van der Waals surface area (Å²) in [4.78, 5) is 1.69. The molecule has 6 heteroatoms. The Labute approximate surface area is 104 Å². The highest BCUT2D eigenvalue weighted by atomic mass is 19.4. The predicted octanol–water partition coefficient (Wildman–Crippen LogP) is 2.22. The van der Waals surface area contributed by atoms with Crippen molar-refractivity contribution in [2.45, 2.75) is 25.1 Å². The van der Waals surface area contributed by atoms with Crippen molar-refractivity contribution >= 4 is 11.4 Å². The van der Waals surface area contributed by atoms with E-state index in [0.717, 1.165) is 18.9 Å². The average Bonchev–Trinajstić information content (AvgIpc) is 2.27. The molecule has 0 amide bonds. The van der Waals surface area contributed by atoms with Crippen LogP contribution in [-0.2, 0) is 6.18 Å². The molecule has 0 aromatic heterocycles. The smallest absolute Gasteiger partial charge is 0.399 e. The topological polar surface area (TPSA) is 55.3 Å². The molecule has 1 aliphatic heterocycles. The number of benzene rings is 1. The fourth-order valence-corrected chi connectivity index (χ4v) is 2.29. The van der Waals surface area contributed by atoms with Gasteiger partial charge in [-0.1, -0.05) is 0 Å². The van der Waals surface area contributed by atoms with Crippen molar-refractivity contribution < 1.29 is 13.2 Å². The first-order valence-corrected chi connectivity index (χ1v) is 5.85. The molecule has 1 fully saturated rings. The number of nitrogens with zero attached hydrogens (tertiary/aromatic N) is 1. The number of alkyl halides is 3. The maximum atomic E-state index is 13.0. The van der Waals surface area contributed by atoms with Gasteiger partial charge in [0.2, 0.25) is 0 Å². The average molecular weight is 259 g/mol. The molecule has 1 atom stereocenters. The van der Waals surface area contributed by atoms with Crippen LogP contribution in [0.5, 0.6) is 0 Å². The second kappa shape index (κ2) is 4.68. The number of piperidine rings is 1. The zero-order valence-electron chi connectivity index (χ0n) is 9.87. The van der Waals surface area contributed by atoms with Crippen molar-refractivity contribution in [1.29, 1.82) is 0 Å². The van der Waals surface area contributed by atoms with Crippen molar-refractivity contribution in [2.24, 2.45) is 5.73 Å². The van der Waals surface area contributed by atoms with Crippen molar-refractivity contribution in [3.05, 3.63) is 23.8 Å². The molecular weight excluding hydrogens is 243 g/mol. The lowest BCUT2D eigenvalue weighted by Gasteiger charge is -2.34. The molecule has 0 saturated carbocycles. The third-order valence-corrected chi connectivity index (χ3v) is 3.12. The number of nitrogen functional groups attached to an aromatic ring is 1. The van der Waals surface area contributed by atoms with Crippen LogP contribution < -0.4 is 16.4 Å². The minimum atomic E-state index is -4.40. The summed E-state index contributed by atoms with van der Waals surface area (Å²) in [5, 5.41) is 0. The van der Waals surface area contributed by atoms with Crippen LogP contribution in [-0.4, -0.2) is 19.1 Å². The molecule has 0 unspecified atom stereocenters. The van der Waals surface area contributed by atoms with E-state index in [-0.39, 0.29) is 17.4 Å². The largest absolute Gasteiger partial charge is 0.418 e. The first-order valence-electron chi connectivity index (χ1n) is 5.85. The summed E-state index contributed by atoms with van der Waals surface area (Å²) in [5.41, 5.74) is 10.8. The molecule has 0 radical (unpaired) electrons. The minimum absolute atomic E-state index is 0.0719. The maximum absolute atomic E-state index is 13.0. The van der Waals surface area contributed by atoms with E-state index in [0.29, 0.717) is 13.1 Å². The molecule has 3 nitrogen and oxygen atoms in total. The second-order valence-electron chi connectivity index (χ2n) is 4.62. The van der Waals surface area contributed by atoms with Crippen molar-refractivity contribution in [3.63, 3.8) is 0 Å². The lowest BCUT2D eigenvalue weighted by atomic mass is 10.0. The number of hydrogen-bond acceptors (Lipinski definition) is 3. The molecule has 1 saturated heterocycles. The highest BCUT2D eigenvalue weighted by Crippen LogP contribution is 2.38. The van der Waals surface area contributed by atoms with Gasteiger partial charge in [0.25, 0.3) is 0 Å². The first-order chi connectivity index (χ1) is 8.38. The Balaban J connectivity index is 2.37. The minimum Gasteiger partial charge on any atom is -0.399 e. The first kappa shape index (κ1) is 13.0. The lowest BCUT2D eigenvalue weighted by Crippen LogP contribution is -2.43. The van der Waals surface area contributed by atoms with Crippen LogP contribution >= 0.6 is 0 Å².